The number of ketones is 1. The fraction of sp³-hybridized carbons (Fsp3) is 0.500. The number of nitrogens with zero attached hydrogens (tertiary/aromatic N) is 2. The molecule has 4 rings (SSSR count). The number of hydrogen-bond acceptors (Lipinski definition) is 7. The zero-order valence-electron chi connectivity index (χ0n) is 14.6. The molecule has 26 heavy (non-hydrogen) atoms. The van der Waals surface area contributed by atoms with E-state index in [0.29, 0.717) is 28.8 Å². The van der Waals surface area contributed by atoms with E-state index >= 15 is 0 Å². The molecule has 138 valence electrons. The molecule has 0 radical (unpaired) electrons. The zero-order chi connectivity index (χ0) is 18.1. The molecule has 8 heteroatoms. The molecular formula is C18H21N3O5. The molecule has 0 saturated carbocycles. The highest BCUT2D eigenvalue weighted by atomic mass is 16.7. The van der Waals surface area contributed by atoms with Crippen LogP contribution in [0.2, 0.25) is 0 Å². The van der Waals surface area contributed by atoms with Gasteiger partial charge in [-0.3, -0.25) is 14.2 Å². The van der Waals surface area contributed by atoms with Crippen LogP contribution in [0.15, 0.2) is 23.3 Å². The normalized spacial score (nSPS) is 21.9. The van der Waals surface area contributed by atoms with E-state index in [-0.39, 0.29) is 36.8 Å². The topological polar surface area (TPSA) is 91.7 Å². The number of benzene rings is 1. The first-order valence-corrected chi connectivity index (χ1v) is 8.72. The highest BCUT2D eigenvalue weighted by Crippen LogP contribution is 2.34. The summed E-state index contributed by atoms with van der Waals surface area (Å²) in [5, 5.41) is 3.74. The first kappa shape index (κ1) is 17.0. The number of ether oxygens (including phenoxy) is 3. The molecule has 2 aliphatic heterocycles. The lowest BCUT2D eigenvalue weighted by molar-refractivity contribution is -0.121. The van der Waals surface area contributed by atoms with Crippen molar-refractivity contribution in [2.24, 2.45) is 0 Å². The van der Waals surface area contributed by atoms with Gasteiger partial charge in [0, 0.05) is 25.6 Å². The molecule has 1 aromatic carbocycles. The van der Waals surface area contributed by atoms with Crippen molar-refractivity contribution in [3.63, 3.8) is 0 Å². The Morgan fingerprint density at radius 3 is 3.00 bits per heavy atom. The minimum atomic E-state index is -0.262. The maximum atomic E-state index is 12.7. The molecule has 0 amide bonds. The van der Waals surface area contributed by atoms with Gasteiger partial charge in [0.25, 0.3) is 5.56 Å². The van der Waals surface area contributed by atoms with E-state index in [4.69, 9.17) is 14.2 Å². The molecule has 1 fully saturated rings. The summed E-state index contributed by atoms with van der Waals surface area (Å²) in [6, 6.07) is 3.29. The second-order valence-corrected chi connectivity index (χ2v) is 6.62. The lowest BCUT2D eigenvalue weighted by Crippen LogP contribution is -2.47. The van der Waals surface area contributed by atoms with Crippen LogP contribution in [0.1, 0.15) is 19.3 Å². The van der Waals surface area contributed by atoms with Crippen LogP contribution in [-0.4, -0.2) is 47.9 Å². The smallest absolute Gasteiger partial charge is 0.261 e. The van der Waals surface area contributed by atoms with E-state index in [2.05, 4.69) is 10.3 Å². The van der Waals surface area contributed by atoms with Gasteiger partial charge >= 0.3 is 0 Å². The molecule has 2 atom stereocenters. The zero-order valence-corrected chi connectivity index (χ0v) is 14.6. The monoisotopic (exact) mass is 359 g/mol. The summed E-state index contributed by atoms with van der Waals surface area (Å²) in [7, 11) is 1.66. The summed E-state index contributed by atoms with van der Waals surface area (Å²) < 4.78 is 17.4. The molecule has 8 nitrogen and oxygen atoms in total. The van der Waals surface area contributed by atoms with Crippen LogP contribution in [-0.2, 0) is 16.1 Å². The van der Waals surface area contributed by atoms with E-state index in [1.54, 1.807) is 19.2 Å². The van der Waals surface area contributed by atoms with Crippen molar-refractivity contribution < 1.29 is 19.0 Å². The molecule has 1 saturated heterocycles. The van der Waals surface area contributed by atoms with Crippen molar-refractivity contribution in [2.75, 3.05) is 20.4 Å². The van der Waals surface area contributed by atoms with Crippen molar-refractivity contribution in [1.29, 1.82) is 0 Å². The minimum absolute atomic E-state index is 0.00910. The average Bonchev–Trinajstić information content (AvgIpc) is 3.10. The second kappa shape index (κ2) is 7.05. The van der Waals surface area contributed by atoms with Crippen LogP contribution in [0.5, 0.6) is 11.5 Å². The lowest BCUT2D eigenvalue weighted by Gasteiger charge is -2.31. The lowest BCUT2D eigenvalue weighted by atomic mass is 9.96. The number of rotatable bonds is 5. The van der Waals surface area contributed by atoms with Crippen molar-refractivity contribution in [3.05, 3.63) is 28.8 Å². The number of methoxy groups -OCH3 is 1. The number of fused-ring (bicyclic) bond motifs is 2. The van der Waals surface area contributed by atoms with Gasteiger partial charge < -0.3 is 19.5 Å². The Bertz CT molecular complexity index is 894. The number of Topliss-reactive ketones (excluding diaryl/α,β-unsaturated/α-hetero) is 1. The van der Waals surface area contributed by atoms with Gasteiger partial charge in [-0.25, -0.2) is 4.98 Å². The Morgan fingerprint density at radius 2 is 2.19 bits per heavy atom. The fourth-order valence-electron chi connectivity index (χ4n) is 3.57. The van der Waals surface area contributed by atoms with Crippen molar-refractivity contribution >= 4 is 16.7 Å². The first-order chi connectivity index (χ1) is 12.7. The van der Waals surface area contributed by atoms with Crippen LogP contribution in [0.4, 0.5) is 0 Å². The van der Waals surface area contributed by atoms with Gasteiger partial charge in [0.2, 0.25) is 6.79 Å². The molecule has 2 aromatic rings. The number of hydrogen-bond donors (Lipinski definition) is 1. The second-order valence-electron chi connectivity index (χ2n) is 6.62. The van der Waals surface area contributed by atoms with Gasteiger partial charge in [0.05, 0.1) is 29.9 Å². The standard InChI is InChI=1S/C18H21N3O5/c1-24-15-3-2-4-19-14(15)5-11(22)8-21-9-20-13-7-17-16(25-10-26-17)6-12(13)18(21)23/h6-7,9,14-15,19H,2-5,8,10H2,1H3/t14-,15?/m1/s1. The van der Waals surface area contributed by atoms with Gasteiger partial charge in [-0.05, 0) is 25.5 Å². The number of carbonyl (C=O) groups excluding carboxylic acids is 1. The Labute approximate surface area is 150 Å². The maximum absolute atomic E-state index is 12.7. The molecule has 1 aromatic heterocycles. The van der Waals surface area contributed by atoms with Gasteiger partial charge in [-0.15, -0.1) is 0 Å². The molecule has 1 N–H and O–H groups in total. The highest BCUT2D eigenvalue weighted by Gasteiger charge is 2.26. The van der Waals surface area contributed by atoms with E-state index in [9.17, 15) is 9.59 Å². The number of carbonyl (C=O) groups is 1. The first-order valence-electron chi connectivity index (χ1n) is 8.72. The molecule has 0 spiro atoms. The maximum Gasteiger partial charge on any atom is 0.261 e. The molecule has 2 aliphatic rings. The number of piperidine rings is 1. The van der Waals surface area contributed by atoms with E-state index in [1.807, 2.05) is 0 Å². The summed E-state index contributed by atoms with van der Waals surface area (Å²) >= 11 is 0. The predicted molar refractivity (Wildman–Crippen MR) is 93.6 cm³/mol. The third-order valence-corrected chi connectivity index (χ3v) is 4.94. The SMILES string of the molecule is COC1CCCN[C@@H]1CC(=O)Cn1cnc2cc3c(cc2c1=O)OCO3. The largest absolute Gasteiger partial charge is 0.454 e. The van der Waals surface area contributed by atoms with Crippen LogP contribution in [0.25, 0.3) is 10.9 Å². The molecular weight excluding hydrogens is 338 g/mol. The Balaban J connectivity index is 1.53. The number of nitrogens with one attached hydrogen (secondary N) is 1. The molecule has 1 unspecified atom stereocenters. The van der Waals surface area contributed by atoms with Crippen molar-refractivity contribution in [2.45, 2.75) is 38.0 Å². The van der Waals surface area contributed by atoms with Crippen LogP contribution < -0.4 is 20.3 Å². The summed E-state index contributed by atoms with van der Waals surface area (Å²) in [4.78, 5) is 29.5. The fourth-order valence-corrected chi connectivity index (χ4v) is 3.57. The summed E-state index contributed by atoms with van der Waals surface area (Å²) in [6.45, 7) is 1.00. The summed E-state index contributed by atoms with van der Waals surface area (Å²) in [5.41, 5.74) is 0.262. The summed E-state index contributed by atoms with van der Waals surface area (Å²) in [5.74, 6) is 1.07. The Morgan fingerprint density at radius 1 is 1.38 bits per heavy atom. The van der Waals surface area contributed by atoms with Crippen LogP contribution >= 0.6 is 0 Å². The van der Waals surface area contributed by atoms with Crippen molar-refractivity contribution in [3.8, 4) is 11.5 Å². The van der Waals surface area contributed by atoms with Crippen molar-refractivity contribution in [1.82, 2.24) is 14.9 Å². The Hall–Kier alpha value is -2.45. The predicted octanol–water partition coefficient (Wildman–Crippen LogP) is 0.851. The van der Waals surface area contributed by atoms with Gasteiger partial charge in [-0.2, -0.15) is 0 Å². The number of aromatic nitrogens is 2. The third kappa shape index (κ3) is 3.17. The van der Waals surface area contributed by atoms with E-state index in [0.717, 1.165) is 19.4 Å². The van der Waals surface area contributed by atoms with Gasteiger partial charge in [0.1, 0.15) is 0 Å². The van der Waals surface area contributed by atoms with Crippen LogP contribution in [0.3, 0.4) is 0 Å². The summed E-state index contributed by atoms with van der Waals surface area (Å²) in [6.07, 6.45) is 3.73. The van der Waals surface area contributed by atoms with Gasteiger partial charge in [-0.1, -0.05) is 0 Å². The van der Waals surface area contributed by atoms with E-state index < -0.39 is 0 Å². The third-order valence-electron chi connectivity index (χ3n) is 4.94. The average molecular weight is 359 g/mol. The van der Waals surface area contributed by atoms with Crippen LogP contribution in [0, 0.1) is 0 Å². The molecule has 3 heterocycles. The van der Waals surface area contributed by atoms with Gasteiger partial charge in [0.15, 0.2) is 17.3 Å². The van der Waals surface area contributed by atoms with E-state index in [1.165, 1.54) is 10.9 Å². The molecule has 0 bridgehead atoms. The minimum Gasteiger partial charge on any atom is -0.454 e. The Kier molecular flexibility index (Phi) is 4.60. The highest BCUT2D eigenvalue weighted by molar-refractivity contribution is 5.83. The molecule has 0 aliphatic carbocycles. The quantitative estimate of drug-likeness (QED) is 0.846.